The molecule has 1 aromatic carbocycles. The Bertz CT molecular complexity index is 785. The van der Waals surface area contributed by atoms with Gasteiger partial charge in [-0.2, -0.15) is 0 Å². The number of rotatable bonds is 2. The zero-order chi connectivity index (χ0) is 16.0. The first kappa shape index (κ1) is 14.3. The Hall–Kier alpha value is -2.30. The van der Waals surface area contributed by atoms with Crippen LogP contribution < -0.4 is 4.74 Å². The summed E-state index contributed by atoms with van der Waals surface area (Å²) >= 11 is 0. The summed E-state index contributed by atoms with van der Waals surface area (Å²) in [6, 6.07) is 3.94. The molecule has 5 heteroatoms. The number of cyclic esters (lactones) is 2. The molecule has 2 heterocycles. The fourth-order valence-electron chi connectivity index (χ4n) is 3.66. The molecule has 1 saturated heterocycles. The van der Waals surface area contributed by atoms with Crippen molar-refractivity contribution in [1.29, 1.82) is 0 Å². The highest BCUT2D eigenvalue weighted by atomic mass is 16.6. The molecule has 23 heavy (non-hydrogen) atoms. The van der Waals surface area contributed by atoms with Gasteiger partial charge in [-0.25, -0.2) is 0 Å². The number of carbonyl (C=O) groups excluding carboxylic acids is 2. The maximum Gasteiger partial charge on any atom is 0.314 e. The number of ether oxygens (including phenoxy) is 2. The Morgan fingerprint density at radius 1 is 1.09 bits per heavy atom. The molecule has 1 aromatic heterocycles. The third-order valence-corrected chi connectivity index (χ3v) is 4.79. The largest absolute Gasteiger partial charge is 0.493 e. The fraction of sp³-hybridized carbons (Fsp3) is 0.444. The third kappa shape index (κ3) is 2.40. The summed E-state index contributed by atoms with van der Waals surface area (Å²) in [4.78, 5) is 23.1. The molecule has 2 aliphatic rings. The minimum atomic E-state index is -0.459. The van der Waals surface area contributed by atoms with E-state index in [0.717, 1.165) is 48.0 Å². The van der Waals surface area contributed by atoms with E-state index in [-0.39, 0.29) is 18.8 Å². The molecule has 5 nitrogen and oxygen atoms in total. The molecule has 0 unspecified atom stereocenters. The normalized spacial score (nSPS) is 18.8. The number of aryl methyl sites for hydroxylation is 2. The first-order chi connectivity index (χ1) is 11.2. The molecule has 0 radical (unpaired) electrons. The fourth-order valence-corrected chi connectivity index (χ4v) is 3.66. The molecule has 0 atom stereocenters. The highest BCUT2D eigenvalue weighted by Crippen LogP contribution is 2.40. The van der Waals surface area contributed by atoms with E-state index in [1.165, 1.54) is 5.56 Å². The summed E-state index contributed by atoms with van der Waals surface area (Å²) < 4.78 is 16.1. The quantitative estimate of drug-likeness (QED) is 0.629. The molecule has 1 aliphatic carbocycles. The van der Waals surface area contributed by atoms with Crippen LogP contribution in [-0.2, 0) is 27.2 Å². The number of hydrogen-bond acceptors (Lipinski definition) is 5. The molecule has 120 valence electrons. The molecule has 0 amide bonds. The molecule has 0 spiro atoms. The van der Waals surface area contributed by atoms with Gasteiger partial charge in [-0.3, -0.25) is 9.59 Å². The van der Waals surface area contributed by atoms with Crippen molar-refractivity contribution < 1.29 is 23.5 Å². The van der Waals surface area contributed by atoms with Crippen LogP contribution in [0.4, 0.5) is 0 Å². The summed E-state index contributed by atoms with van der Waals surface area (Å²) in [5, 5.41) is 1.06. The lowest BCUT2D eigenvalue weighted by molar-refractivity contribution is -0.163. The van der Waals surface area contributed by atoms with Crippen molar-refractivity contribution >= 4 is 22.9 Å². The SMILES string of the molecule is COc1cc(C2CC(=O)OC(=O)C2)cc2c3c(oc12)CCCC3. The number of benzene rings is 1. The maximum atomic E-state index is 11.6. The lowest BCUT2D eigenvalue weighted by Crippen LogP contribution is -2.24. The Morgan fingerprint density at radius 2 is 1.83 bits per heavy atom. The Kier molecular flexibility index (Phi) is 3.36. The molecule has 1 aliphatic heterocycles. The van der Waals surface area contributed by atoms with E-state index in [1.54, 1.807) is 7.11 Å². The van der Waals surface area contributed by atoms with Crippen molar-refractivity contribution in [3.63, 3.8) is 0 Å². The van der Waals surface area contributed by atoms with Crippen LogP contribution in [0, 0.1) is 0 Å². The van der Waals surface area contributed by atoms with Crippen LogP contribution in [-0.4, -0.2) is 19.0 Å². The van der Waals surface area contributed by atoms with E-state index in [9.17, 15) is 9.59 Å². The van der Waals surface area contributed by atoms with Crippen LogP contribution in [0.1, 0.15) is 48.5 Å². The minimum Gasteiger partial charge on any atom is -0.493 e. The lowest BCUT2D eigenvalue weighted by atomic mass is 9.88. The smallest absolute Gasteiger partial charge is 0.314 e. The van der Waals surface area contributed by atoms with E-state index in [4.69, 9.17) is 9.15 Å². The van der Waals surface area contributed by atoms with Crippen molar-refractivity contribution in [2.45, 2.75) is 44.4 Å². The summed E-state index contributed by atoms with van der Waals surface area (Å²) in [6.07, 6.45) is 4.70. The predicted octanol–water partition coefficient (Wildman–Crippen LogP) is 3.27. The molecule has 1 fully saturated rings. The maximum absolute atomic E-state index is 11.6. The zero-order valence-electron chi connectivity index (χ0n) is 13.0. The molecule has 4 rings (SSSR count). The number of esters is 2. The number of carbonyl (C=O) groups is 2. The van der Waals surface area contributed by atoms with E-state index >= 15 is 0 Å². The van der Waals surface area contributed by atoms with E-state index < -0.39 is 11.9 Å². The van der Waals surface area contributed by atoms with Gasteiger partial charge in [0.05, 0.1) is 20.0 Å². The molecule has 0 bridgehead atoms. The topological polar surface area (TPSA) is 65.7 Å². The third-order valence-electron chi connectivity index (χ3n) is 4.79. The van der Waals surface area contributed by atoms with Crippen molar-refractivity contribution in [3.05, 3.63) is 29.0 Å². The standard InChI is InChI=1S/C18H18O5/c1-21-15-7-10(11-8-16(19)23-17(20)9-11)6-13-12-4-2-3-5-14(12)22-18(13)15/h6-7,11H,2-5,8-9H2,1H3. The second kappa shape index (κ2) is 5.41. The van der Waals surface area contributed by atoms with Gasteiger partial charge in [-0.05, 0) is 37.0 Å². The lowest BCUT2D eigenvalue weighted by Gasteiger charge is -2.20. The molecular weight excluding hydrogens is 296 g/mol. The molecule has 0 saturated carbocycles. The monoisotopic (exact) mass is 314 g/mol. The van der Waals surface area contributed by atoms with Gasteiger partial charge in [-0.15, -0.1) is 0 Å². The Labute approximate surface area is 133 Å². The predicted molar refractivity (Wildman–Crippen MR) is 82.5 cm³/mol. The first-order valence-electron chi connectivity index (χ1n) is 8.01. The van der Waals surface area contributed by atoms with E-state index in [2.05, 4.69) is 10.8 Å². The first-order valence-corrected chi connectivity index (χ1v) is 8.01. The highest BCUT2D eigenvalue weighted by molar-refractivity contribution is 5.91. The summed E-state index contributed by atoms with van der Waals surface area (Å²) in [5.41, 5.74) is 2.96. The number of furan rings is 1. The second-order valence-electron chi connectivity index (χ2n) is 6.26. The van der Waals surface area contributed by atoms with E-state index in [0.29, 0.717) is 5.75 Å². The average Bonchev–Trinajstić information content (AvgIpc) is 2.91. The van der Waals surface area contributed by atoms with Gasteiger partial charge < -0.3 is 13.9 Å². The molecule has 0 N–H and O–H groups in total. The van der Waals surface area contributed by atoms with E-state index in [1.807, 2.05) is 6.07 Å². The average molecular weight is 314 g/mol. The van der Waals surface area contributed by atoms with Gasteiger partial charge in [0, 0.05) is 23.3 Å². The van der Waals surface area contributed by atoms with Crippen molar-refractivity contribution in [3.8, 4) is 5.75 Å². The van der Waals surface area contributed by atoms with Gasteiger partial charge >= 0.3 is 11.9 Å². The van der Waals surface area contributed by atoms with Gasteiger partial charge in [0.15, 0.2) is 11.3 Å². The summed E-state index contributed by atoms with van der Waals surface area (Å²) in [6.45, 7) is 0. The van der Waals surface area contributed by atoms with Gasteiger partial charge in [0.25, 0.3) is 0 Å². The number of fused-ring (bicyclic) bond motifs is 3. The van der Waals surface area contributed by atoms with Crippen LogP contribution in [0.15, 0.2) is 16.5 Å². The van der Waals surface area contributed by atoms with Crippen molar-refractivity contribution in [2.75, 3.05) is 7.11 Å². The van der Waals surface area contributed by atoms with Crippen LogP contribution in [0.5, 0.6) is 5.75 Å². The van der Waals surface area contributed by atoms with Crippen molar-refractivity contribution in [1.82, 2.24) is 0 Å². The van der Waals surface area contributed by atoms with Crippen molar-refractivity contribution in [2.24, 2.45) is 0 Å². The van der Waals surface area contributed by atoms with Gasteiger partial charge in [-0.1, -0.05) is 0 Å². The summed E-state index contributed by atoms with van der Waals surface area (Å²) in [5.74, 6) is 0.634. The Morgan fingerprint density at radius 3 is 2.57 bits per heavy atom. The highest BCUT2D eigenvalue weighted by Gasteiger charge is 2.30. The number of methoxy groups -OCH3 is 1. The van der Waals surface area contributed by atoms with Crippen LogP contribution in [0.25, 0.3) is 11.0 Å². The van der Waals surface area contributed by atoms with Crippen LogP contribution >= 0.6 is 0 Å². The van der Waals surface area contributed by atoms with Crippen LogP contribution in [0.2, 0.25) is 0 Å². The van der Waals surface area contributed by atoms with Gasteiger partial charge in [0.2, 0.25) is 0 Å². The second-order valence-corrected chi connectivity index (χ2v) is 6.26. The molecular formula is C18H18O5. The minimum absolute atomic E-state index is 0.156. The van der Waals surface area contributed by atoms with Crippen LogP contribution in [0.3, 0.4) is 0 Å². The van der Waals surface area contributed by atoms with Gasteiger partial charge in [0.1, 0.15) is 5.76 Å². The Balaban J connectivity index is 1.84. The summed E-state index contributed by atoms with van der Waals surface area (Å²) in [7, 11) is 1.61. The number of hydrogen-bond donors (Lipinski definition) is 0. The molecule has 2 aromatic rings. The zero-order valence-corrected chi connectivity index (χ0v) is 13.0.